The van der Waals surface area contributed by atoms with Crippen molar-refractivity contribution in [2.24, 2.45) is 0 Å². The third kappa shape index (κ3) is 6.40. The first-order chi connectivity index (χ1) is 20.7. The smallest absolute Gasteiger partial charge is 0.209 e. The van der Waals surface area contributed by atoms with Gasteiger partial charge in [0, 0.05) is 47.5 Å². The third-order valence-electron chi connectivity index (χ3n) is 9.81. The number of para-hydroxylation sites is 2. The Morgan fingerprint density at radius 3 is 2.19 bits per heavy atom. The zero-order chi connectivity index (χ0) is 31.2. The van der Waals surface area contributed by atoms with Crippen LogP contribution in [-0.4, -0.2) is 23.4 Å². The number of fused-ring (bicyclic) bond motifs is 2. The van der Waals surface area contributed by atoms with Crippen LogP contribution in [0, 0.1) is 0 Å². The average molecular weight is 578 g/mol. The van der Waals surface area contributed by atoms with Crippen molar-refractivity contribution in [3.8, 4) is 0 Å². The molecular weight excluding hydrogens is 520 g/mol. The number of allylic oxidation sites excluding steroid dienone is 8. The summed E-state index contributed by atoms with van der Waals surface area (Å²) in [7, 11) is 0. The van der Waals surface area contributed by atoms with Gasteiger partial charge < -0.3 is 4.90 Å². The van der Waals surface area contributed by atoms with Gasteiger partial charge in [-0.05, 0) is 80.9 Å². The van der Waals surface area contributed by atoms with Gasteiger partial charge in [0.05, 0.1) is 5.41 Å². The van der Waals surface area contributed by atoms with Gasteiger partial charge in [-0.1, -0.05) is 103 Å². The maximum atomic E-state index is 2.58. The van der Waals surface area contributed by atoms with Gasteiger partial charge >= 0.3 is 0 Å². The number of anilines is 1. The SMILES string of the molecule is CC.CCCCN1/C(=C/C=C2\CCCC(/C=C/C3=[N+](CCCC)c4ccccc4C3(C)C)=C2C)C(C)(C)c2ccccc21. The highest BCUT2D eigenvalue weighted by molar-refractivity contribution is 6.03. The lowest BCUT2D eigenvalue weighted by Crippen LogP contribution is -2.28. The molecule has 43 heavy (non-hydrogen) atoms. The van der Waals surface area contributed by atoms with Crippen LogP contribution >= 0.6 is 0 Å². The fraction of sp³-hybridized carbons (Fsp3) is 0.488. The van der Waals surface area contributed by atoms with E-state index in [0.29, 0.717) is 0 Å². The maximum absolute atomic E-state index is 2.58. The molecule has 230 valence electrons. The molecule has 2 heterocycles. The molecule has 0 unspecified atom stereocenters. The van der Waals surface area contributed by atoms with Crippen molar-refractivity contribution >= 4 is 17.1 Å². The van der Waals surface area contributed by atoms with Gasteiger partial charge in [0.25, 0.3) is 0 Å². The van der Waals surface area contributed by atoms with Crippen molar-refractivity contribution in [2.45, 2.75) is 118 Å². The van der Waals surface area contributed by atoms with E-state index in [4.69, 9.17) is 0 Å². The molecule has 0 saturated heterocycles. The van der Waals surface area contributed by atoms with E-state index in [1.54, 1.807) is 0 Å². The first-order valence-corrected chi connectivity index (χ1v) is 17.1. The predicted octanol–water partition coefficient (Wildman–Crippen LogP) is 11.4. The fourth-order valence-corrected chi connectivity index (χ4v) is 7.22. The van der Waals surface area contributed by atoms with Crippen LogP contribution in [0.4, 0.5) is 11.4 Å². The van der Waals surface area contributed by atoms with Gasteiger partial charge in [-0.2, -0.15) is 4.58 Å². The van der Waals surface area contributed by atoms with E-state index < -0.39 is 0 Å². The van der Waals surface area contributed by atoms with Gasteiger partial charge in [0.1, 0.15) is 6.54 Å². The van der Waals surface area contributed by atoms with E-state index in [0.717, 1.165) is 25.9 Å². The van der Waals surface area contributed by atoms with Gasteiger partial charge in [-0.3, -0.25) is 0 Å². The number of unbranched alkanes of at least 4 members (excludes halogenated alkanes) is 2. The van der Waals surface area contributed by atoms with Gasteiger partial charge in [0.15, 0.2) is 5.71 Å². The lowest BCUT2D eigenvalue weighted by atomic mass is 9.80. The molecule has 1 aliphatic carbocycles. The first kappa shape index (κ1) is 32.8. The number of hydrogen-bond donors (Lipinski definition) is 0. The Balaban J connectivity index is 0.00000207. The van der Waals surface area contributed by atoms with Crippen molar-refractivity contribution in [1.82, 2.24) is 0 Å². The summed E-state index contributed by atoms with van der Waals surface area (Å²) in [6.45, 7) is 22.7. The van der Waals surface area contributed by atoms with Gasteiger partial charge in [-0.15, -0.1) is 0 Å². The summed E-state index contributed by atoms with van der Waals surface area (Å²) < 4.78 is 2.58. The fourth-order valence-electron chi connectivity index (χ4n) is 7.22. The Kier molecular flexibility index (Phi) is 10.8. The third-order valence-corrected chi connectivity index (χ3v) is 9.81. The number of nitrogens with zero attached hydrogens (tertiary/aromatic N) is 2. The van der Waals surface area contributed by atoms with Gasteiger partial charge in [0.2, 0.25) is 5.69 Å². The van der Waals surface area contributed by atoms with Crippen LogP contribution in [0.1, 0.15) is 118 Å². The molecule has 0 N–H and O–H groups in total. The van der Waals surface area contributed by atoms with Crippen LogP contribution < -0.4 is 4.90 Å². The van der Waals surface area contributed by atoms with E-state index in [1.165, 1.54) is 82.7 Å². The second-order valence-electron chi connectivity index (χ2n) is 13.3. The molecule has 2 aromatic rings. The minimum absolute atomic E-state index is 0.0120. The number of benzene rings is 2. The van der Waals surface area contributed by atoms with E-state index >= 15 is 0 Å². The molecule has 0 spiro atoms. The second-order valence-corrected chi connectivity index (χ2v) is 13.3. The Bertz CT molecular complexity index is 1440. The van der Waals surface area contributed by atoms with Crippen molar-refractivity contribution in [1.29, 1.82) is 0 Å². The normalized spacial score (nSPS) is 20.6. The highest BCUT2D eigenvalue weighted by Gasteiger charge is 2.44. The summed E-state index contributed by atoms with van der Waals surface area (Å²) in [5.41, 5.74) is 13.0. The van der Waals surface area contributed by atoms with Gasteiger partial charge in [-0.25, -0.2) is 0 Å². The molecule has 2 heteroatoms. The molecule has 0 atom stereocenters. The Morgan fingerprint density at radius 1 is 0.791 bits per heavy atom. The molecule has 0 aromatic heterocycles. The van der Waals surface area contributed by atoms with Crippen molar-refractivity contribution < 1.29 is 4.58 Å². The average Bonchev–Trinajstić information content (AvgIpc) is 3.37. The molecular formula is C41H57N2+. The maximum Gasteiger partial charge on any atom is 0.209 e. The standard InChI is InChI=1S/C39H51N2.C2H6/c1-8-10-27-40-34-21-14-12-19-32(34)38(4,5)36(40)25-23-30-17-16-18-31(29(30)3)24-26-37-39(6,7)33-20-13-15-22-35(33)41(37)28-11-9-2;1-2/h12-15,19-26H,8-11,16-18,27-28H2,1-7H3;1-2H3/q+1;. The summed E-state index contributed by atoms with van der Waals surface area (Å²) in [4.78, 5) is 2.58. The molecule has 2 nitrogen and oxygen atoms in total. The summed E-state index contributed by atoms with van der Waals surface area (Å²) in [5, 5.41) is 0. The Labute approximate surface area is 263 Å². The predicted molar refractivity (Wildman–Crippen MR) is 189 cm³/mol. The molecule has 5 rings (SSSR count). The second kappa shape index (κ2) is 14.1. The number of hydrogen-bond acceptors (Lipinski definition) is 1. The van der Waals surface area contributed by atoms with E-state index in [2.05, 4.69) is 131 Å². The Hall–Kier alpha value is -3.13. The van der Waals surface area contributed by atoms with Crippen LogP contribution in [0.25, 0.3) is 0 Å². The van der Waals surface area contributed by atoms with Crippen LogP contribution in [-0.2, 0) is 10.8 Å². The minimum atomic E-state index is 0.0120. The summed E-state index contributed by atoms with van der Waals surface area (Å²) >= 11 is 0. The van der Waals surface area contributed by atoms with Crippen molar-refractivity contribution in [3.63, 3.8) is 0 Å². The van der Waals surface area contributed by atoms with Crippen LogP contribution in [0.2, 0.25) is 0 Å². The minimum Gasteiger partial charge on any atom is -0.344 e. The first-order valence-electron chi connectivity index (χ1n) is 17.1. The molecule has 0 amide bonds. The van der Waals surface area contributed by atoms with Crippen molar-refractivity contribution in [2.75, 3.05) is 18.0 Å². The quantitative estimate of drug-likeness (QED) is 0.269. The topological polar surface area (TPSA) is 6.25 Å². The molecule has 2 aromatic carbocycles. The Morgan fingerprint density at radius 2 is 1.47 bits per heavy atom. The highest BCUT2D eigenvalue weighted by atomic mass is 15.2. The zero-order valence-electron chi connectivity index (χ0n) is 28.7. The van der Waals surface area contributed by atoms with E-state index in [9.17, 15) is 0 Å². The van der Waals surface area contributed by atoms with Crippen LogP contribution in [0.3, 0.4) is 0 Å². The summed E-state index contributed by atoms with van der Waals surface area (Å²) in [6.07, 6.45) is 18.1. The number of rotatable bonds is 9. The molecule has 2 aliphatic heterocycles. The molecule has 0 bridgehead atoms. The zero-order valence-corrected chi connectivity index (χ0v) is 28.7. The van der Waals surface area contributed by atoms with Crippen molar-refractivity contribution in [3.05, 3.63) is 106 Å². The molecule has 0 radical (unpaired) electrons. The van der Waals surface area contributed by atoms with Crippen LogP contribution in [0.15, 0.2) is 95.3 Å². The largest absolute Gasteiger partial charge is 0.344 e. The summed E-state index contributed by atoms with van der Waals surface area (Å²) in [5.74, 6) is 0. The summed E-state index contributed by atoms with van der Waals surface area (Å²) in [6, 6.07) is 18.0. The van der Waals surface area contributed by atoms with Crippen LogP contribution in [0.5, 0.6) is 0 Å². The van der Waals surface area contributed by atoms with E-state index in [-0.39, 0.29) is 10.8 Å². The lowest BCUT2D eigenvalue weighted by molar-refractivity contribution is -0.438. The monoisotopic (exact) mass is 577 g/mol. The van der Waals surface area contributed by atoms with E-state index in [1.807, 2.05) is 13.8 Å². The highest BCUT2D eigenvalue weighted by Crippen LogP contribution is 2.48. The molecule has 3 aliphatic rings. The molecule has 0 fully saturated rings. The lowest BCUT2D eigenvalue weighted by Gasteiger charge is -2.27. The molecule has 0 saturated carbocycles.